The molecule has 6 rings (SSSR count). The molecule has 3 aliphatic heterocycles. The zero-order valence-electron chi connectivity index (χ0n) is 24.5. The molecule has 39 heavy (non-hydrogen) atoms. The molecule has 3 saturated heterocycles. The van der Waals surface area contributed by atoms with Gasteiger partial charge in [-0.25, -0.2) is 9.18 Å². The molecule has 214 valence electrons. The first-order chi connectivity index (χ1) is 18.5. The number of piperidine rings is 1. The Balaban J connectivity index is 1.23. The van der Waals surface area contributed by atoms with Crippen molar-refractivity contribution >= 4 is 11.9 Å². The van der Waals surface area contributed by atoms with Gasteiger partial charge < -0.3 is 14.7 Å². The first kappa shape index (κ1) is 27.0. The second-order valence-electron chi connectivity index (χ2n) is 14.8. The van der Waals surface area contributed by atoms with Crippen LogP contribution in [0.2, 0.25) is 0 Å². The Labute approximate surface area is 233 Å². The largest absolute Gasteiger partial charge is 0.342 e. The van der Waals surface area contributed by atoms with E-state index in [2.05, 4.69) is 79.7 Å². The number of amides is 3. The van der Waals surface area contributed by atoms with Crippen LogP contribution in [0.15, 0.2) is 30.3 Å². The maximum atomic E-state index is 13.3. The molecule has 0 radical (unpaired) electrons. The number of hydrogen-bond acceptors (Lipinski definition) is 3. The van der Waals surface area contributed by atoms with Crippen LogP contribution in [0.3, 0.4) is 0 Å². The van der Waals surface area contributed by atoms with Crippen molar-refractivity contribution in [2.24, 2.45) is 16.7 Å². The highest BCUT2D eigenvalue weighted by molar-refractivity contribution is 5.79. The molecule has 4 unspecified atom stereocenters. The van der Waals surface area contributed by atoms with Gasteiger partial charge in [0.15, 0.2) is 0 Å². The lowest BCUT2D eigenvalue weighted by atomic mass is 9.53. The van der Waals surface area contributed by atoms with Gasteiger partial charge in [-0.15, -0.1) is 0 Å². The highest BCUT2D eigenvalue weighted by Gasteiger charge is 2.75. The van der Waals surface area contributed by atoms with Gasteiger partial charge >= 0.3 is 6.03 Å². The number of hydrogen-bond donors (Lipinski definition) is 0. The highest BCUT2D eigenvalue weighted by Crippen LogP contribution is 2.69. The van der Waals surface area contributed by atoms with Crippen molar-refractivity contribution in [2.45, 2.75) is 96.3 Å². The van der Waals surface area contributed by atoms with Crippen LogP contribution in [-0.4, -0.2) is 94.6 Å². The van der Waals surface area contributed by atoms with Crippen LogP contribution in [0, 0.1) is 16.7 Å². The van der Waals surface area contributed by atoms with Gasteiger partial charge in [-0.05, 0) is 56.4 Å². The van der Waals surface area contributed by atoms with Crippen molar-refractivity contribution in [3.8, 4) is 0 Å². The molecule has 6 nitrogen and oxygen atoms in total. The number of carbonyl (C=O) groups is 2. The molecule has 7 heteroatoms. The summed E-state index contributed by atoms with van der Waals surface area (Å²) in [5.74, 6) is 1.03. The first-order valence-electron chi connectivity index (χ1n) is 15.2. The van der Waals surface area contributed by atoms with Gasteiger partial charge in [0, 0.05) is 62.1 Å². The Morgan fingerprint density at radius 2 is 1.87 bits per heavy atom. The van der Waals surface area contributed by atoms with Crippen molar-refractivity contribution in [3.05, 3.63) is 35.9 Å². The predicted molar refractivity (Wildman–Crippen MR) is 151 cm³/mol. The molecule has 2 saturated carbocycles. The van der Waals surface area contributed by atoms with E-state index in [0.717, 1.165) is 32.5 Å². The zero-order chi connectivity index (χ0) is 27.7. The van der Waals surface area contributed by atoms with Crippen LogP contribution in [0.4, 0.5) is 9.18 Å². The summed E-state index contributed by atoms with van der Waals surface area (Å²) < 4.78 is 13.3. The number of halogens is 1. The second kappa shape index (κ2) is 9.46. The van der Waals surface area contributed by atoms with E-state index in [1.54, 1.807) is 4.90 Å². The van der Waals surface area contributed by atoms with Gasteiger partial charge in [-0.3, -0.25) is 9.69 Å². The van der Waals surface area contributed by atoms with Crippen molar-refractivity contribution in [1.29, 1.82) is 0 Å². The van der Waals surface area contributed by atoms with Gasteiger partial charge in [0.1, 0.15) is 6.67 Å². The molecule has 5 aliphatic rings. The van der Waals surface area contributed by atoms with Gasteiger partial charge in [0.05, 0.1) is 12.1 Å². The van der Waals surface area contributed by atoms with Gasteiger partial charge in [-0.2, -0.15) is 0 Å². The lowest BCUT2D eigenvalue weighted by molar-refractivity contribution is -0.193. The fourth-order valence-corrected chi connectivity index (χ4v) is 9.32. The summed E-state index contributed by atoms with van der Waals surface area (Å²) in [6.07, 6.45) is 5.10. The van der Waals surface area contributed by atoms with E-state index in [1.807, 2.05) is 0 Å². The molecule has 1 aromatic carbocycles. The van der Waals surface area contributed by atoms with E-state index in [0.29, 0.717) is 42.3 Å². The summed E-state index contributed by atoms with van der Waals surface area (Å²) in [7, 11) is 0. The van der Waals surface area contributed by atoms with Crippen LogP contribution in [-0.2, 0) is 4.79 Å². The summed E-state index contributed by atoms with van der Waals surface area (Å²) in [4.78, 5) is 35.4. The Hall–Kier alpha value is -2.15. The molecule has 0 aromatic heterocycles. The smallest absolute Gasteiger partial charge is 0.320 e. The number of likely N-dealkylation sites (tertiary alicyclic amines) is 2. The number of benzene rings is 1. The molecule has 3 heterocycles. The molecule has 0 N–H and O–H groups in total. The van der Waals surface area contributed by atoms with E-state index < -0.39 is 6.67 Å². The normalized spacial score (nSPS) is 36.0. The van der Waals surface area contributed by atoms with Crippen LogP contribution < -0.4 is 0 Å². The minimum absolute atomic E-state index is 0.0182. The minimum Gasteiger partial charge on any atom is -0.342 e. The molecule has 6 atom stereocenters. The van der Waals surface area contributed by atoms with E-state index in [1.165, 1.54) is 18.4 Å². The quantitative estimate of drug-likeness (QED) is 0.483. The average Bonchev–Trinajstić information content (AvgIpc) is 3.50. The molecular formula is C32H47FN4O2. The maximum Gasteiger partial charge on any atom is 0.320 e. The van der Waals surface area contributed by atoms with Crippen LogP contribution in [0.25, 0.3) is 0 Å². The van der Waals surface area contributed by atoms with E-state index in [9.17, 15) is 14.0 Å². The SMILES string of the molecule is CC(C)N1C(=O)N(CCF)CC12CC1N(C[C@H]3CN(C(=O)CC(C)(C)C)C[C@@H]3c3ccccc3)C3CCC31C2. The Morgan fingerprint density at radius 1 is 1.13 bits per heavy atom. The van der Waals surface area contributed by atoms with E-state index in [-0.39, 0.29) is 35.5 Å². The standard InChI is InChI=1S/C32H47FN4O2/c1-22(2)37-29(39)34(14-13-33)21-31(37)15-27-32(20-31)12-11-26(32)36(27)18-24-17-35(28(38)16-30(3,4)5)19-25(24)23-9-7-6-8-10-23/h6-10,22,24-27H,11-21H2,1-5H3/t24-,25-,26?,27?,31?,32?/m1/s1. The van der Waals surface area contributed by atoms with Crippen LogP contribution in [0.1, 0.15) is 78.2 Å². The predicted octanol–water partition coefficient (Wildman–Crippen LogP) is 5.15. The van der Waals surface area contributed by atoms with Crippen LogP contribution in [0.5, 0.6) is 0 Å². The monoisotopic (exact) mass is 538 g/mol. The summed E-state index contributed by atoms with van der Waals surface area (Å²) in [5.41, 5.74) is 1.45. The van der Waals surface area contributed by atoms with Crippen LogP contribution >= 0.6 is 0 Å². The molecule has 2 spiro atoms. The third-order valence-electron chi connectivity index (χ3n) is 10.7. The van der Waals surface area contributed by atoms with Crippen molar-refractivity contribution in [3.63, 3.8) is 0 Å². The fourth-order valence-electron chi connectivity index (χ4n) is 9.32. The second-order valence-corrected chi connectivity index (χ2v) is 14.8. The summed E-state index contributed by atoms with van der Waals surface area (Å²) in [5, 5.41) is 0. The van der Waals surface area contributed by atoms with Gasteiger partial charge in [-0.1, -0.05) is 51.1 Å². The first-order valence-corrected chi connectivity index (χ1v) is 15.2. The lowest BCUT2D eigenvalue weighted by Gasteiger charge is -2.69. The zero-order valence-corrected chi connectivity index (χ0v) is 24.5. The third kappa shape index (κ3) is 4.29. The Morgan fingerprint density at radius 3 is 2.49 bits per heavy atom. The molecule has 2 aliphatic carbocycles. The third-order valence-corrected chi connectivity index (χ3v) is 10.7. The van der Waals surface area contributed by atoms with Crippen molar-refractivity contribution in [2.75, 3.05) is 39.4 Å². The maximum absolute atomic E-state index is 13.3. The van der Waals surface area contributed by atoms with E-state index in [4.69, 9.17) is 0 Å². The lowest BCUT2D eigenvalue weighted by Crippen LogP contribution is -2.75. The molecular weight excluding hydrogens is 491 g/mol. The highest BCUT2D eigenvalue weighted by atomic mass is 19.1. The summed E-state index contributed by atoms with van der Waals surface area (Å²) in [6, 6.07) is 12.0. The number of carbonyl (C=O) groups excluding carboxylic acids is 2. The van der Waals surface area contributed by atoms with Crippen molar-refractivity contribution in [1.82, 2.24) is 19.6 Å². The Bertz CT molecular complexity index is 1110. The molecule has 5 fully saturated rings. The minimum atomic E-state index is -0.482. The number of rotatable bonds is 7. The number of urea groups is 1. The summed E-state index contributed by atoms with van der Waals surface area (Å²) >= 11 is 0. The van der Waals surface area contributed by atoms with Crippen molar-refractivity contribution < 1.29 is 14.0 Å². The van der Waals surface area contributed by atoms with E-state index >= 15 is 0 Å². The summed E-state index contributed by atoms with van der Waals surface area (Å²) in [6.45, 7) is 13.7. The molecule has 0 bridgehead atoms. The van der Waals surface area contributed by atoms with Gasteiger partial charge in [0.25, 0.3) is 0 Å². The number of nitrogens with zero attached hydrogens (tertiary/aromatic N) is 4. The fraction of sp³-hybridized carbons (Fsp3) is 0.750. The van der Waals surface area contributed by atoms with Gasteiger partial charge in [0.2, 0.25) is 5.91 Å². The topological polar surface area (TPSA) is 47.1 Å². The average molecular weight is 539 g/mol. The number of alkyl halides is 1. The Kier molecular flexibility index (Phi) is 6.56. The molecule has 1 aromatic rings. The molecule has 3 amide bonds.